The van der Waals surface area contributed by atoms with Crippen molar-refractivity contribution >= 4 is 52.5 Å². The molecule has 4 amide bonds. The van der Waals surface area contributed by atoms with E-state index in [-0.39, 0.29) is 35.1 Å². The summed E-state index contributed by atoms with van der Waals surface area (Å²) < 4.78 is 64.8. The van der Waals surface area contributed by atoms with Crippen LogP contribution in [0.15, 0.2) is 12.1 Å². The Balaban J connectivity index is 1.94. The van der Waals surface area contributed by atoms with Crippen LogP contribution in [0.3, 0.4) is 0 Å². The number of anilines is 1. The van der Waals surface area contributed by atoms with Gasteiger partial charge in [0.15, 0.2) is 0 Å². The topological polar surface area (TPSA) is 123 Å². The Morgan fingerprint density at radius 1 is 1.21 bits per heavy atom. The molecule has 2 heterocycles. The minimum absolute atomic E-state index is 0.0322. The lowest BCUT2D eigenvalue weighted by molar-refractivity contribution is -0.270. The third-order valence-electron chi connectivity index (χ3n) is 7.30. The molecule has 0 aliphatic carbocycles. The molecule has 230 valence electrons. The van der Waals surface area contributed by atoms with Crippen molar-refractivity contribution in [3.05, 3.63) is 27.7 Å². The van der Waals surface area contributed by atoms with Crippen molar-refractivity contribution in [1.82, 2.24) is 15.1 Å². The van der Waals surface area contributed by atoms with Gasteiger partial charge in [0.05, 0.1) is 22.2 Å². The number of alkyl halides is 5. The van der Waals surface area contributed by atoms with Gasteiger partial charge in [-0.2, -0.15) is 27.2 Å². The maximum absolute atomic E-state index is 14.0. The first-order valence-electron chi connectivity index (χ1n) is 12.6. The van der Waals surface area contributed by atoms with E-state index < -0.39 is 64.7 Å². The summed E-state index contributed by atoms with van der Waals surface area (Å²) in [4.78, 5) is 54.0. The van der Waals surface area contributed by atoms with Gasteiger partial charge in [-0.1, -0.05) is 44.0 Å². The van der Waals surface area contributed by atoms with E-state index in [2.05, 4.69) is 5.32 Å². The lowest BCUT2D eigenvalue weighted by Crippen LogP contribution is -2.58. The van der Waals surface area contributed by atoms with Crippen LogP contribution in [0, 0.1) is 16.7 Å². The fraction of sp³-hybridized carbons (Fsp3) is 0.577. The number of nitrogens with one attached hydrogen (secondary N) is 2. The Hall–Kier alpha value is -3.18. The van der Waals surface area contributed by atoms with Crippen LogP contribution in [-0.4, -0.2) is 77.2 Å². The van der Waals surface area contributed by atoms with E-state index in [0.717, 1.165) is 23.8 Å². The third-order valence-corrected chi connectivity index (χ3v) is 7.82. The predicted octanol–water partition coefficient (Wildman–Crippen LogP) is 4.27. The van der Waals surface area contributed by atoms with Gasteiger partial charge in [0.1, 0.15) is 18.1 Å². The fourth-order valence-electron chi connectivity index (χ4n) is 5.14. The first kappa shape index (κ1) is 33.3. The smallest absolute Gasteiger partial charge is 0.339 e. The maximum Gasteiger partial charge on any atom is 0.463 e. The number of nitrogens with zero attached hydrogens (tertiary/aromatic N) is 3. The van der Waals surface area contributed by atoms with Gasteiger partial charge in [-0.3, -0.25) is 19.2 Å². The number of hydrogen-bond donors (Lipinski definition) is 2. The molecule has 3 rings (SSSR count). The highest BCUT2D eigenvalue weighted by Crippen LogP contribution is 2.50. The lowest BCUT2D eigenvalue weighted by Gasteiger charge is -2.37. The zero-order chi connectivity index (χ0) is 32.2. The third kappa shape index (κ3) is 5.99. The molecule has 0 aromatic heterocycles. The van der Waals surface area contributed by atoms with Crippen molar-refractivity contribution in [3.8, 4) is 6.07 Å². The maximum atomic E-state index is 14.0. The largest absolute Gasteiger partial charge is 0.463 e. The SMILES string of the molecule is C[C@H](NC(=O)C(F)(F)C(F)(F)F)C(=O)N(C)[C@@H](CC(C)(C)C)C(=O)N1C[C@]2(C[C@H]1C#N)C(=O)Nc1c(Cl)cc(Cl)cc12. The van der Waals surface area contributed by atoms with Gasteiger partial charge in [-0.25, -0.2) is 0 Å². The van der Waals surface area contributed by atoms with Crippen molar-refractivity contribution < 1.29 is 41.1 Å². The average molecular weight is 640 g/mol. The minimum Gasteiger partial charge on any atom is -0.339 e. The molecule has 0 unspecified atom stereocenters. The summed E-state index contributed by atoms with van der Waals surface area (Å²) in [5, 5.41) is 14.4. The molecule has 1 aromatic rings. The molecule has 42 heavy (non-hydrogen) atoms. The predicted molar refractivity (Wildman–Crippen MR) is 142 cm³/mol. The number of benzene rings is 1. The van der Waals surface area contributed by atoms with Crippen LogP contribution in [0.4, 0.5) is 27.6 Å². The number of nitriles is 1. The average Bonchev–Trinajstić information content (AvgIpc) is 3.38. The van der Waals surface area contributed by atoms with Crippen LogP contribution in [0.25, 0.3) is 0 Å². The quantitative estimate of drug-likeness (QED) is 0.450. The van der Waals surface area contributed by atoms with E-state index in [1.807, 2.05) is 6.07 Å². The lowest BCUT2D eigenvalue weighted by atomic mass is 9.79. The Morgan fingerprint density at radius 2 is 1.81 bits per heavy atom. The highest BCUT2D eigenvalue weighted by molar-refractivity contribution is 6.38. The highest BCUT2D eigenvalue weighted by atomic mass is 35.5. The number of rotatable bonds is 6. The molecule has 4 atom stereocenters. The number of hydrogen-bond acceptors (Lipinski definition) is 5. The molecule has 9 nitrogen and oxygen atoms in total. The second-order valence-corrected chi connectivity index (χ2v) is 12.5. The fourth-order valence-corrected chi connectivity index (χ4v) is 5.68. The molecule has 2 N–H and O–H groups in total. The second-order valence-electron chi connectivity index (χ2n) is 11.7. The Bertz CT molecular complexity index is 1360. The van der Waals surface area contributed by atoms with Crippen molar-refractivity contribution in [1.29, 1.82) is 5.26 Å². The molecule has 16 heteroatoms. The number of halogens is 7. The Kier molecular flexibility index (Phi) is 8.84. The van der Waals surface area contributed by atoms with Crippen LogP contribution in [-0.2, 0) is 24.6 Å². The molecular weight excluding hydrogens is 612 g/mol. The zero-order valence-corrected chi connectivity index (χ0v) is 24.6. The number of amides is 4. The number of carbonyl (C=O) groups excluding carboxylic acids is 4. The van der Waals surface area contributed by atoms with E-state index in [9.17, 15) is 46.4 Å². The van der Waals surface area contributed by atoms with E-state index in [0.29, 0.717) is 5.56 Å². The van der Waals surface area contributed by atoms with E-state index in [1.165, 1.54) is 17.4 Å². The first-order chi connectivity index (χ1) is 19.1. The molecule has 2 aliphatic heterocycles. The summed E-state index contributed by atoms with van der Waals surface area (Å²) >= 11 is 12.4. The van der Waals surface area contributed by atoms with Gasteiger partial charge >= 0.3 is 18.0 Å². The van der Waals surface area contributed by atoms with E-state index in [4.69, 9.17) is 23.2 Å². The van der Waals surface area contributed by atoms with Gasteiger partial charge < -0.3 is 20.4 Å². The molecule has 1 aromatic carbocycles. The van der Waals surface area contributed by atoms with E-state index >= 15 is 0 Å². The summed E-state index contributed by atoms with van der Waals surface area (Å²) in [5.74, 6) is -10.9. The summed E-state index contributed by atoms with van der Waals surface area (Å²) in [6.45, 7) is 5.82. The monoisotopic (exact) mass is 639 g/mol. The highest BCUT2D eigenvalue weighted by Gasteiger charge is 2.64. The van der Waals surface area contributed by atoms with Gasteiger partial charge in [0.2, 0.25) is 17.7 Å². The van der Waals surface area contributed by atoms with Gasteiger partial charge in [0, 0.05) is 25.0 Å². The van der Waals surface area contributed by atoms with Crippen LogP contribution >= 0.6 is 23.2 Å². The minimum atomic E-state index is -6.19. The molecule has 1 fully saturated rings. The van der Waals surface area contributed by atoms with Gasteiger partial charge in [-0.05, 0) is 36.5 Å². The molecule has 0 bridgehead atoms. The molecule has 0 saturated carbocycles. The van der Waals surface area contributed by atoms with E-state index in [1.54, 1.807) is 20.8 Å². The van der Waals surface area contributed by atoms with Crippen molar-refractivity contribution in [3.63, 3.8) is 0 Å². The summed E-state index contributed by atoms with van der Waals surface area (Å²) in [5.41, 5.74) is -1.35. The molecule has 2 aliphatic rings. The Morgan fingerprint density at radius 3 is 2.33 bits per heavy atom. The Labute approximate surface area is 248 Å². The summed E-state index contributed by atoms with van der Waals surface area (Å²) in [6, 6.07) is 0.566. The van der Waals surface area contributed by atoms with Crippen molar-refractivity contribution in [2.45, 2.75) is 76.2 Å². The molecular formula is C26H28Cl2F5N5O4. The number of likely N-dealkylation sites (tertiary alicyclic amines) is 1. The van der Waals surface area contributed by atoms with Crippen LogP contribution in [0.2, 0.25) is 10.0 Å². The second kappa shape index (κ2) is 11.1. The van der Waals surface area contributed by atoms with Crippen LogP contribution in [0.5, 0.6) is 0 Å². The zero-order valence-electron chi connectivity index (χ0n) is 23.1. The number of carbonyl (C=O) groups is 4. The first-order valence-corrected chi connectivity index (χ1v) is 13.4. The van der Waals surface area contributed by atoms with Crippen LogP contribution in [0.1, 0.15) is 46.1 Å². The van der Waals surface area contributed by atoms with Gasteiger partial charge in [-0.15, -0.1) is 0 Å². The van der Waals surface area contributed by atoms with Crippen molar-refractivity contribution in [2.24, 2.45) is 5.41 Å². The van der Waals surface area contributed by atoms with Crippen molar-refractivity contribution in [2.75, 3.05) is 18.9 Å². The number of fused-ring (bicyclic) bond motifs is 2. The number of likely N-dealkylation sites (N-methyl/N-ethyl adjacent to an activating group) is 1. The summed E-state index contributed by atoms with van der Waals surface area (Å²) in [6.07, 6.45) is -6.34. The molecule has 1 spiro atoms. The summed E-state index contributed by atoms with van der Waals surface area (Å²) in [7, 11) is 1.13. The standard InChI is InChI=1S/C26H28Cl2F5N5O4/c1-12(35-22(42)25(29,30)26(31,32)33)19(39)37(5)17(9-23(2,3)4)20(40)38-11-24(8-14(38)10-34)15-6-13(27)7-16(28)18(15)36-21(24)41/h6-7,12,14,17H,8-9,11H2,1-5H3,(H,35,42)(H,36,41)/t12-,14-,17-,24-/m0/s1. The van der Waals surface area contributed by atoms with Crippen LogP contribution < -0.4 is 10.6 Å². The molecule has 0 radical (unpaired) electrons. The molecule has 1 saturated heterocycles. The normalized spacial score (nSPS) is 21.8. The van der Waals surface area contributed by atoms with Gasteiger partial charge in [0.25, 0.3) is 0 Å².